The van der Waals surface area contributed by atoms with Gasteiger partial charge < -0.3 is 14.4 Å². The van der Waals surface area contributed by atoms with Gasteiger partial charge in [-0.25, -0.2) is 4.98 Å². The van der Waals surface area contributed by atoms with Crippen molar-refractivity contribution in [2.75, 3.05) is 26.2 Å². The highest BCUT2D eigenvalue weighted by Crippen LogP contribution is 2.40. The number of amides is 2. The van der Waals surface area contributed by atoms with E-state index in [9.17, 15) is 9.59 Å². The number of aromatic nitrogens is 4. The molecule has 0 radical (unpaired) electrons. The van der Waals surface area contributed by atoms with Gasteiger partial charge in [0.1, 0.15) is 5.69 Å². The molecule has 0 aliphatic carbocycles. The lowest BCUT2D eigenvalue weighted by Crippen LogP contribution is -2.52. The summed E-state index contributed by atoms with van der Waals surface area (Å²) >= 11 is 0. The maximum Gasteiger partial charge on any atom is 0.274 e. The van der Waals surface area contributed by atoms with E-state index < -0.39 is 0 Å². The summed E-state index contributed by atoms with van der Waals surface area (Å²) in [6, 6.07) is 1.80. The van der Waals surface area contributed by atoms with Gasteiger partial charge in [-0.3, -0.25) is 14.7 Å². The Morgan fingerprint density at radius 1 is 1.25 bits per heavy atom. The zero-order valence-corrected chi connectivity index (χ0v) is 16.4. The minimum absolute atomic E-state index is 0.00303. The molecule has 0 saturated carbocycles. The van der Waals surface area contributed by atoms with Gasteiger partial charge in [0.05, 0.1) is 6.33 Å². The zero-order valence-electron chi connectivity index (χ0n) is 16.4. The van der Waals surface area contributed by atoms with Crippen molar-refractivity contribution in [2.24, 2.45) is 5.41 Å². The molecule has 0 aromatic carbocycles. The van der Waals surface area contributed by atoms with Gasteiger partial charge in [0.2, 0.25) is 5.91 Å². The highest BCUT2D eigenvalue weighted by Gasteiger charge is 2.41. The second-order valence-corrected chi connectivity index (χ2v) is 8.20. The minimum Gasteiger partial charge on any atom is -0.342 e. The largest absolute Gasteiger partial charge is 0.342 e. The number of carbonyl (C=O) groups is 2. The van der Waals surface area contributed by atoms with Gasteiger partial charge in [-0.05, 0) is 44.1 Å². The molecule has 4 heterocycles. The van der Waals surface area contributed by atoms with Crippen LogP contribution in [0.15, 0.2) is 24.8 Å². The van der Waals surface area contributed by atoms with Crippen molar-refractivity contribution in [3.8, 4) is 0 Å². The first-order valence-corrected chi connectivity index (χ1v) is 10.1. The maximum atomic E-state index is 12.6. The summed E-state index contributed by atoms with van der Waals surface area (Å²) < 4.78 is 2.05. The van der Waals surface area contributed by atoms with E-state index in [4.69, 9.17) is 0 Å². The molecular formula is C20H28N6O2. The lowest BCUT2D eigenvalue weighted by Gasteiger charge is -2.47. The first-order valence-electron chi connectivity index (χ1n) is 10.1. The smallest absolute Gasteiger partial charge is 0.274 e. The highest BCUT2D eigenvalue weighted by molar-refractivity contribution is 5.92. The third kappa shape index (κ3) is 3.95. The zero-order chi connectivity index (χ0) is 19.6. The molecule has 8 nitrogen and oxygen atoms in total. The number of carbonyl (C=O) groups excluding carboxylic acids is 2. The number of aryl methyl sites for hydroxylation is 2. The molecule has 2 aliphatic rings. The molecule has 150 valence electrons. The summed E-state index contributed by atoms with van der Waals surface area (Å²) in [5.74, 6) is 0.269. The summed E-state index contributed by atoms with van der Waals surface area (Å²) in [5, 5.41) is 6.93. The topological polar surface area (TPSA) is 87.1 Å². The van der Waals surface area contributed by atoms with Crippen LogP contribution in [0.1, 0.15) is 48.3 Å². The molecule has 2 aliphatic heterocycles. The monoisotopic (exact) mass is 384 g/mol. The quantitative estimate of drug-likeness (QED) is 0.852. The summed E-state index contributed by atoms with van der Waals surface area (Å²) in [6.45, 7) is 5.86. The number of hydrogen-bond acceptors (Lipinski definition) is 4. The van der Waals surface area contributed by atoms with Crippen LogP contribution in [0, 0.1) is 12.3 Å². The SMILES string of the molecule is Cc1cc(C(=O)N2CCC3(CCC(=O)N(CCCn4ccnc4)C3)CC2)n[nH]1. The lowest BCUT2D eigenvalue weighted by atomic mass is 9.72. The fraction of sp³-hybridized carbons (Fsp3) is 0.600. The Hall–Kier alpha value is -2.64. The van der Waals surface area contributed by atoms with Crippen molar-refractivity contribution in [3.05, 3.63) is 36.2 Å². The normalized spacial score (nSPS) is 19.4. The number of imidazole rings is 1. The summed E-state index contributed by atoms with van der Waals surface area (Å²) in [5.41, 5.74) is 1.55. The van der Waals surface area contributed by atoms with Gasteiger partial charge in [-0.15, -0.1) is 0 Å². The van der Waals surface area contributed by atoms with Gasteiger partial charge in [0.25, 0.3) is 5.91 Å². The molecule has 2 amide bonds. The first-order chi connectivity index (χ1) is 13.5. The molecule has 2 aromatic heterocycles. The molecule has 1 spiro atoms. The third-order valence-electron chi connectivity index (χ3n) is 6.19. The van der Waals surface area contributed by atoms with Crippen molar-refractivity contribution >= 4 is 11.8 Å². The van der Waals surface area contributed by atoms with Gasteiger partial charge in [-0.1, -0.05) is 0 Å². The lowest BCUT2D eigenvalue weighted by molar-refractivity contribution is -0.139. The van der Waals surface area contributed by atoms with Crippen LogP contribution in [0.3, 0.4) is 0 Å². The van der Waals surface area contributed by atoms with Gasteiger partial charge in [0, 0.05) is 57.2 Å². The summed E-state index contributed by atoms with van der Waals surface area (Å²) in [6.07, 6.45) is 9.94. The first kappa shape index (κ1) is 18.7. The van der Waals surface area contributed by atoms with Crippen LogP contribution in [0.4, 0.5) is 0 Å². The van der Waals surface area contributed by atoms with E-state index in [2.05, 4.69) is 15.2 Å². The number of aromatic amines is 1. The average molecular weight is 384 g/mol. The van der Waals surface area contributed by atoms with E-state index in [0.717, 1.165) is 64.1 Å². The van der Waals surface area contributed by atoms with Crippen molar-refractivity contribution in [3.63, 3.8) is 0 Å². The molecule has 28 heavy (non-hydrogen) atoms. The molecule has 4 rings (SSSR count). The predicted octanol–water partition coefficient (Wildman–Crippen LogP) is 1.85. The van der Waals surface area contributed by atoms with E-state index in [1.807, 2.05) is 33.8 Å². The number of hydrogen-bond donors (Lipinski definition) is 1. The Bertz CT molecular complexity index is 820. The standard InChI is InChI=1S/C20H28N6O2/c1-16-13-17(23-22-16)19(28)25-10-5-20(6-11-25)4-3-18(27)26(14-20)9-2-8-24-12-7-21-15-24/h7,12-13,15H,2-6,8-11,14H2,1H3,(H,22,23). The van der Waals surface area contributed by atoms with E-state index >= 15 is 0 Å². The molecule has 2 aromatic rings. The number of H-pyrrole nitrogens is 1. The fourth-order valence-corrected chi connectivity index (χ4v) is 4.45. The fourth-order valence-electron chi connectivity index (χ4n) is 4.45. The predicted molar refractivity (Wildman–Crippen MR) is 104 cm³/mol. The molecule has 8 heteroatoms. The van der Waals surface area contributed by atoms with Crippen molar-refractivity contribution in [1.29, 1.82) is 0 Å². The van der Waals surface area contributed by atoms with Crippen LogP contribution in [-0.4, -0.2) is 67.5 Å². The Labute approximate surface area is 164 Å². The van der Waals surface area contributed by atoms with E-state index in [1.165, 1.54) is 0 Å². The Morgan fingerprint density at radius 2 is 2.07 bits per heavy atom. The maximum absolute atomic E-state index is 12.6. The van der Waals surface area contributed by atoms with Crippen LogP contribution in [0.5, 0.6) is 0 Å². The number of nitrogens with zero attached hydrogens (tertiary/aromatic N) is 5. The molecule has 2 fully saturated rings. The third-order valence-corrected chi connectivity index (χ3v) is 6.19. The second kappa shape index (κ2) is 7.77. The number of piperidine rings is 2. The average Bonchev–Trinajstić information content (AvgIpc) is 3.37. The van der Waals surface area contributed by atoms with Gasteiger partial charge in [0.15, 0.2) is 0 Å². The van der Waals surface area contributed by atoms with Crippen LogP contribution >= 0.6 is 0 Å². The number of nitrogens with one attached hydrogen (secondary N) is 1. The van der Waals surface area contributed by atoms with Crippen LogP contribution in [-0.2, 0) is 11.3 Å². The van der Waals surface area contributed by atoms with E-state index in [-0.39, 0.29) is 17.2 Å². The van der Waals surface area contributed by atoms with Crippen molar-refractivity contribution in [1.82, 2.24) is 29.5 Å². The summed E-state index contributed by atoms with van der Waals surface area (Å²) in [4.78, 5) is 33.0. The molecule has 0 unspecified atom stereocenters. The second-order valence-electron chi connectivity index (χ2n) is 8.20. The molecular weight excluding hydrogens is 356 g/mol. The van der Waals surface area contributed by atoms with Gasteiger partial charge in [-0.2, -0.15) is 5.10 Å². The van der Waals surface area contributed by atoms with E-state index in [1.54, 1.807) is 12.3 Å². The van der Waals surface area contributed by atoms with Crippen molar-refractivity contribution in [2.45, 2.75) is 45.6 Å². The number of rotatable bonds is 5. The molecule has 2 saturated heterocycles. The van der Waals surface area contributed by atoms with Crippen molar-refractivity contribution < 1.29 is 9.59 Å². The van der Waals surface area contributed by atoms with Crippen LogP contribution < -0.4 is 0 Å². The molecule has 0 bridgehead atoms. The minimum atomic E-state index is 0.00303. The van der Waals surface area contributed by atoms with Crippen LogP contribution in [0.25, 0.3) is 0 Å². The Balaban J connectivity index is 1.31. The van der Waals surface area contributed by atoms with Crippen LogP contribution in [0.2, 0.25) is 0 Å². The Morgan fingerprint density at radius 3 is 2.75 bits per heavy atom. The van der Waals surface area contributed by atoms with E-state index in [0.29, 0.717) is 12.1 Å². The highest BCUT2D eigenvalue weighted by atomic mass is 16.2. The Kier molecular flexibility index (Phi) is 5.19. The molecule has 0 atom stereocenters. The molecule has 1 N–H and O–H groups in total. The van der Waals surface area contributed by atoms with Gasteiger partial charge >= 0.3 is 0 Å². The number of likely N-dealkylation sites (tertiary alicyclic amines) is 2. The summed E-state index contributed by atoms with van der Waals surface area (Å²) in [7, 11) is 0.